The van der Waals surface area contributed by atoms with Gasteiger partial charge in [0.2, 0.25) is 5.95 Å². The Morgan fingerprint density at radius 2 is 2.00 bits per heavy atom. The maximum absolute atomic E-state index is 12.9. The molecular formula is C26H34N10O. The number of benzene rings is 1. The Hall–Kier alpha value is -3.99. The average Bonchev–Trinajstić information content (AvgIpc) is 3.52. The normalized spacial score (nSPS) is 15.3. The molecule has 1 fully saturated rings. The van der Waals surface area contributed by atoms with E-state index in [4.69, 9.17) is 0 Å². The molecule has 0 radical (unpaired) electrons. The van der Waals surface area contributed by atoms with Crippen LogP contribution in [0.1, 0.15) is 42.6 Å². The summed E-state index contributed by atoms with van der Waals surface area (Å²) in [5.41, 5.74) is 4.11. The van der Waals surface area contributed by atoms with Gasteiger partial charge in [-0.15, -0.1) is 0 Å². The smallest absolute Gasteiger partial charge is 0.251 e. The highest BCUT2D eigenvalue weighted by Gasteiger charge is 2.31. The van der Waals surface area contributed by atoms with Gasteiger partial charge in [-0.25, -0.2) is 9.67 Å². The first-order chi connectivity index (χ1) is 17.7. The third-order valence-electron chi connectivity index (χ3n) is 7.03. The van der Waals surface area contributed by atoms with Gasteiger partial charge in [-0.1, -0.05) is 6.07 Å². The average molecular weight is 503 g/mol. The molecule has 4 aromatic rings. The number of carbonyl (C=O) groups excluding carboxylic acids is 1. The zero-order valence-electron chi connectivity index (χ0n) is 22.0. The van der Waals surface area contributed by atoms with E-state index >= 15 is 0 Å². The minimum atomic E-state index is -0.0830. The van der Waals surface area contributed by atoms with E-state index in [-0.39, 0.29) is 11.4 Å². The Morgan fingerprint density at radius 3 is 2.73 bits per heavy atom. The van der Waals surface area contributed by atoms with Crippen molar-refractivity contribution in [1.82, 2.24) is 39.7 Å². The van der Waals surface area contributed by atoms with Crippen molar-refractivity contribution in [2.45, 2.75) is 39.2 Å². The Bertz CT molecular complexity index is 1440. The van der Waals surface area contributed by atoms with Gasteiger partial charge in [0, 0.05) is 56.4 Å². The predicted octanol–water partition coefficient (Wildman–Crippen LogP) is 3.50. The highest BCUT2D eigenvalue weighted by Crippen LogP contribution is 2.28. The Labute approximate surface area is 216 Å². The summed E-state index contributed by atoms with van der Waals surface area (Å²) in [4.78, 5) is 24.4. The number of hydrogen-bond donors (Lipinski definition) is 3. The van der Waals surface area contributed by atoms with Crippen LogP contribution in [0.2, 0.25) is 0 Å². The third kappa shape index (κ3) is 5.26. The molecule has 11 heteroatoms. The minimum Gasteiger partial charge on any atom is -0.351 e. The van der Waals surface area contributed by atoms with Crippen LogP contribution >= 0.6 is 0 Å². The van der Waals surface area contributed by atoms with Gasteiger partial charge in [-0.05, 0) is 57.9 Å². The number of hydrogen-bond acceptors (Lipinski definition) is 8. The van der Waals surface area contributed by atoms with E-state index in [0.29, 0.717) is 29.5 Å². The van der Waals surface area contributed by atoms with Gasteiger partial charge in [0.25, 0.3) is 5.91 Å². The molecule has 1 aliphatic heterocycles. The zero-order chi connectivity index (χ0) is 26.2. The molecule has 0 atom stereocenters. The fraction of sp³-hybridized carbons (Fsp3) is 0.423. The van der Waals surface area contributed by atoms with E-state index in [1.165, 1.54) is 12.8 Å². The van der Waals surface area contributed by atoms with Crippen LogP contribution in [-0.4, -0.2) is 65.5 Å². The van der Waals surface area contributed by atoms with Gasteiger partial charge in [-0.3, -0.25) is 14.4 Å². The summed E-state index contributed by atoms with van der Waals surface area (Å²) < 4.78 is 3.41. The lowest BCUT2D eigenvalue weighted by Gasteiger charge is -2.31. The Kier molecular flexibility index (Phi) is 6.55. The molecule has 0 unspecified atom stereocenters. The van der Waals surface area contributed by atoms with Gasteiger partial charge in [0.05, 0.1) is 17.3 Å². The highest BCUT2D eigenvalue weighted by atomic mass is 16.1. The zero-order valence-corrected chi connectivity index (χ0v) is 22.0. The second-order valence-electron chi connectivity index (χ2n) is 10.2. The Morgan fingerprint density at radius 1 is 1.16 bits per heavy atom. The van der Waals surface area contributed by atoms with Crippen LogP contribution in [0.5, 0.6) is 0 Å². The standard InChI is InChI=1S/C26H34N10O/c1-17-7-8-18(24(37)27-10-12-36-11-6-9-26(36,2)3)13-21(17)31-22-20-15-28-25(32-23(20)35(5)33-22)30-19-14-29-34(4)16-19/h7-8,13-16H,6,9-12H2,1-5H3,(H,27,37)(H,31,33)(H,28,30,32). The first-order valence-corrected chi connectivity index (χ1v) is 12.6. The minimum absolute atomic E-state index is 0.0830. The molecule has 0 aliphatic carbocycles. The van der Waals surface area contributed by atoms with Gasteiger partial charge in [0.15, 0.2) is 11.5 Å². The number of aromatic nitrogens is 6. The fourth-order valence-corrected chi connectivity index (χ4v) is 4.81. The van der Waals surface area contributed by atoms with Crippen LogP contribution in [0.3, 0.4) is 0 Å². The van der Waals surface area contributed by atoms with Crippen molar-refractivity contribution in [2.75, 3.05) is 30.3 Å². The SMILES string of the molecule is Cc1ccc(C(=O)NCCN2CCCC2(C)C)cc1Nc1nn(C)c2nc(Nc3cnn(C)c3)ncc12. The highest BCUT2D eigenvalue weighted by molar-refractivity contribution is 5.96. The number of fused-ring (bicyclic) bond motifs is 1. The van der Waals surface area contributed by atoms with E-state index in [1.54, 1.807) is 21.8 Å². The van der Waals surface area contributed by atoms with Gasteiger partial charge >= 0.3 is 0 Å². The molecule has 37 heavy (non-hydrogen) atoms. The van der Waals surface area contributed by atoms with Crippen LogP contribution < -0.4 is 16.0 Å². The number of rotatable bonds is 8. The van der Waals surface area contributed by atoms with E-state index < -0.39 is 0 Å². The summed E-state index contributed by atoms with van der Waals surface area (Å²) in [6, 6.07) is 5.66. The number of amides is 1. The molecule has 1 aliphatic rings. The van der Waals surface area contributed by atoms with E-state index in [2.05, 4.69) is 54.9 Å². The van der Waals surface area contributed by atoms with Crippen molar-refractivity contribution in [1.29, 1.82) is 0 Å². The van der Waals surface area contributed by atoms with Crippen molar-refractivity contribution in [3.05, 3.63) is 47.9 Å². The van der Waals surface area contributed by atoms with Crippen LogP contribution in [-0.2, 0) is 14.1 Å². The van der Waals surface area contributed by atoms with Crippen molar-refractivity contribution in [2.24, 2.45) is 14.1 Å². The van der Waals surface area contributed by atoms with Crippen molar-refractivity contribution in [3.63, 3.8) is 0 Å². The summed E-state index contributed by atoms with van der Waals surface area (Å²) in [7, 11) is 3.69. The quantitative estimate of drug-likeness (QED) is 0.335. The van der Waals surface area contributed by atoms with Crippen molar-refractivity contribution >= 4 is 40.1 Å². The molecule has 0 saturated carbocycles. The molecule has 4 heterocycles. The van der Waals surface area contributed by atoms with E-state index in [1.807, 2.05) is 45.4 Å². The van der Waals surface area contributed by atoms with Gasteiger partial charge in [-0.2, -0.15) is 15.2 Å². The molecule has 0 spiro atoms. The lowest BCUT2D eigenvalue weighted by molar-refractivity contribution is 0.0940. The first-order valence-electron chi connectivity index (χ1n) is 12.6. The molecular weight excluding hydrogens is 468 g/mol. The molecule has 194 valence electrons. The maximum Gasteiger partial charge on any atom is 0.251 e. The number of nitrogens with one attached hydrogen (secondary N) is 3. The van der Waals surface area contributed by atoms with Crippen LogP contribution in [0, 0.1) is 6.92 Å². The first kappa shape index (κ1) is 24.7. The molecule has 1 amide bonds. The lowest BCUT2D eigenvalue weighted by Crippen LogP contribution is -2.42. The second kappa shape index (κ2) is 9.81. The van der Waals surface area contributed by atoms with Crippen LogP contribution in [0.25, 0.3) is 11.0 Å². The summed E-state index contributed by atoms with van der Waals surface area (Å²) >= 11 is 0. The molecule has 3 N–H and O–H groups in total. The van der Waals surface area contributed by atoms with Gasteiger partial charge in [0.1, 0.15) is 0 Å². The fourth-order valence-electron chi connectivity index (χ4n) is 4.81. The number of likely N-dealkylation sites (tertiary alicyclic amines) is 1. The third-order valence-corrected chi connectivity index (χ3v) is 7.03. The Balaban J connectivity index is 1.29. The predicted molar refractivity (Wildman–Crippen MR) is 144 cm³/mol. The maximum atomic E-state index is 12.9. The topological polar surface area (TPSA) is 118 Å². The van der Waals surface area contributed by atoms with Gasteiger partial charge < -0.3 is 16.0 Å². The number of anilines is 4. The van der Waals surface area contributed by atoms with E-state index in [0.717, 1.165) is 35.4 Å². The lowest BCUT2D eigenvalue weighted by atomic mass is 10.0. The van der Waals surface area contributed by atoms with Crippen LogP contribution in [0.4, 0.5) is 23.1 Å². The molecule has 1 saturated heterocycles. The summed E-state index contributed by atoms with van der Waals surface area (Å²) in [5, 5.41) is 19.2. The summed E-state index contributed by atoms with van der Waals surface area (Å²) in [6.07, 6.45) is 7.71. The molecule has 1 aromatic carbocycles. The largest absolute Gasteiger partial charge is 0.351 e. The number of carbonyl (C=O) groups is 1. The second-order valence-corrected chi connectivity index (χ2v) is 10.2. The molecule has 0 bridgehead atoms. The molecule has 5 rings (SSSR count). The summed E-state index contributed by atoms with van der Waals surface area (Å²) in [5.74, 6) is 1.00. The summed E-state index contributed by atoms with van der Waals surface area (Å²) in [6.45, 7) is 9.10. The monoisotopic (exact) mass is 502 g/mol. The van der Waals surface area contributed by atoms with E-state index in [9.17, 15) is 4.79 Å². The number of nitrogens with zero attached hydrogens (tertiary/aromatic N) is 7. The van der Waals surface area contributed by atoms with Crippen molar-refractivity contribution in [3.8, 4) is 0 Å². The molecule has 11 nitrogen and oxygen atoms in total. The molecule has 3 aromatic heterocycles. The number of aryl methyl sites for hydroxylation is 3. The van der Waals surface area contributed by atoms with Crippen LogP contribution in [0.15, 0.2) is 36.8 Å². The van der Waals surface area contributed by atoms with Crippen molar-refractivity contribution < 1.29 is 4.79 Å².